The number of hydrogen-bond donors (Lipinski definition) is 1. The molecule has 1 aromatic rings. The molecule has 0 heterocycles. The number of halogens is 1. The Morgan fingerprint density at radius 3 is 2.47 bits per heavy atom. The molecule has 2 N–H and O–H groups in total. The molecule has 1 aromatic carbocycles. The molecule has 0 bridgehead atoms. The first-order valence-corrected chi connectivity index (χ1v) is 8.08. The molecule has 1 saturated carbocycles. The van der Waals surface area contributed by atoms with E-state index in [-0.39, 0.29) is 5.54 Å². The molecule has 2 rings (SSSR count). The van der Waals surface area contributed by atoms with E-state index in [1.807, 2.05) is 24.3 Å². The van der Waals surface area contributed by atoms with Gasteiger partial charge in [0.2, 0.25) is 0 Å². The van der Waals surface area contributed by atoms with Crippen LogP contribution in [-0.4, -0.2) is 12.1 Å². The fraction of sp³-hybridized carbons (Fsp3) is 0.625. The van der Waals surface area contributed by atoms with Crippen LogP contribution in [0.5, 0.6) is 5.75 Å². The number of hydrogen-bond acceptors (Lipinski definition) is 2. The highest BCUT2D eigenvalue weighted by Crippen LogP contribution is 2.34. The quantitative estimate of drug-likeness (QED) is 0.864. The zero-order valence-electron chi connectivity index (χ0n) is 11.7. The Balaban J connectivity index is 1.74. The maximum atomic E-state index is 6.48. The molecule has 0 unspecified atom stereocenters. The van der Waals surface area contributed by atoms with Gasteiger partial charge in [-0.15, -0.1) is 0 Å². The van der Waals surface area contributed by atoms with Gasteiger partial charge in [0.1, 0.15) is 5.75 Å². The largest absolute Gasteiger partial charge is 0.494 e. The monoisotopic (exact) mass is 325 g/mol. The molecule has 106 valence electrons. The molecule has 0 atom stereocenters. The average Bonchev–Trinajstić information content (AvgIpc) is 2.42. The SMILES string of the molecule is CCC1CCC(N)(CCOc2ccc(Br)cc2)CC1. The summed E-state index contributed by atoms with van der Waals surface area (Å²) >= 11 is 3.42. The third kappa shape index (κ3) is 4.50. The van der Waals surface area contributed by atoms with Crippen LogP contribution in [0, 0.1) is 5.92 Å². The van der Waals surface area contributed by atoms with Gasteiger partial charge in [0.05, 0.1) is 6.61 Å². The van der Waals surface area contributed by atoms with Crippen molar-refractivity contribution in [2.24, 2.45) is 11.7 Å². The molecule has 0 aliphatic heterocycles. The first-order chi connectivity index (χ1) is 9.11. The molecule has 1 aliphatic rings. The summed E-state index contributed by atoms with van der Waals surface area (Å²) in [6.45, 7) is 3.00. The Kier molecular flexibility index (Phi) is 5.28. The van der Waals surface area contributed by atoms with E-state index in [0.29, 0.717) is 0 Å². The molecule has 1 aliphatic carbocycles. The van der Waals surface area contributed by atoms with Crippen molar-refractivity contribution in [1.82, 2.24) is 0 Å². The maximum absolute atomic E-state index is 6.48. The van der Waals surface area contributed by atoms with Gasteiger partial charge in [-0.05, 0) is 62.3 Å². The second kappa shape index (κ2) is 6.76. The summed E-state index contributed by atoms with van der Waals surface area (Å²) < 4.78 is 6.86. The highest BCUT2D eigenvalue weighted by atomic mass is 79.9. The van der Waals surface area contributed by atoms with Crippen LogP contribution >= 0.6 is 15.9 Å². The molecule has 0 saturated heterocycles. The molecule has 2 nitrogen and oxygen atoms in total. The smallest absolute Gasteiger partial charge is 0.119 e. The summed E-state index contributed by atoms with van der Waals surface area (Å²) in [5.41, 5.74) is 6.48. The van der Waals surface area contributed by atoms with Gasteiger partial charge < -0.3 is 10.5 Å². The lowest BCUT2D eigenvalue weighted by atomic mass is 9.75. The molecule has 0 aromatic heterocycles. The summed E-state index contributed by atoms with van der Waals surface area (Å²) in [5.74, 6) is 1.82. The second-order valence-corrected chi connectivity index (χ2v) is 6.68. The number of benzene rings is 1. The Labute approximate surface area is 124 Å². The minimum atomic E-state index is 0.00103. The van der Waals surface area contributed by atoms with E-state index < -0.39 is 0 Å². The van der Waals surface area contributed by atoms with Crippen LogP contribution in [0.2, 0.25) is 0 Å². The van der Waals surface area contributed by atoms with Crippen molar-refractivity contribution in [3.8, 4) is 5.75 Å². The van der Waals surface area contributed by atoms with Crippen molar-refractivity contribution in [3.63, 3.8) is 0 Å². The fourth-order valence-corrected chi connectivity index (χ4v) is 3.08. The van der Waals surface area contributed by atoms with E-state index in [9.17, 15) is 0 Å². The zero-order chi connectivity index (χ0) is 13.7. The van der Waals surface area contributed by atoms with Gasteiger partial charge in [-0.1, -0.05) is 29.3 Å². The van der Waals surface area contributed by atoms with Crippen molar-refractivity contribution in [2.75, 3.05) is 6.61 Å². The standard InChI is InChI=1S/C16H24BrNO/c1-2-13-7-9-16(18,10-8-13)11-12-19-15-5-3-14(17)4-6-15/h3-6,13H,2,7-12,18H2,1H3. The van der Waals surface area contributed by atoms with Crippen molar-refractivity contribution >= 4 is 15.9 Å². The predicted octanol–water partition coefficient (Wildman–Crippen LogP) is 4.52. The van der Waals surface area contributed by atoms with Crippen LogP contribution in [0.3, 0.4) is 0 Å². The van der Waals surface area contributed by atoms with Crippen LogP contribution in [0.15, 0.2) is 28.7 Å². The Morgan fingerprint density at radius 1 is 1.26 bits per heavy atom. The van der Waals surface area contributed by atoms with Crippen LogP contribution in [0.4, 0.5) is 0 Å². The predicted molar refractivity (Wildman–Crippen MR) is 83.4 cm³/mol. The van der Waals surface area contributed by atoms with E-state index in [4.69, 9.17) is 10.5 Å². The van der Waals surface area contributed by atoms with E-state index >= 15 is 0 Å². The number of ether oxygens (including phenoxy) is 1. The van der Waals surface area contributed by atoms with Crippen molar-refractivity contribution in [2.45, 2.75) is 51.0 Å². The maximum Gasteiger partial charge on any atom is 0.119 e. The van der Waals surface area contributed by atoms with Crippen LogP contribution in [-0.2, 0) is 0 Å². The molecule has 19 heavy (non-hydrogen) atoms. The molecular formula is C16H24BrNO. The average molecular weight is 326 g/mol. The van der Waals surface area contributed by atoms with Crippen LogP contribution in [0.1, 0.15) is 45.4 Å². The van der Waals surface area contributed by atoms with Crippen LogP contribution in [0.25, 0.3) is 0 Å². The molecule has 3 heteroatoms. The fourth-order valence-electron chi connectivity index (χ4n) is 2.81. The number of rotatable bonds is 5. The van der Waals surface area contributed by atoms with E-state index in [0.717, 1.165) is 42.0 Å². The third-order valence-corrected chi connectivity index (χ3v) is 4.89. The minimum Gasteiger partial charge on any atom is -0.494 e. The van der Waals surface area contributed by atoms with E-state index in [1.54, 1.807) is 0 Å². The minimum absolute atomic E-state index is 0.00103. The molecular weight excluding hydrogens is 302 g/mol. The Hall–Kier alpha value is -0.540. The lowest BCUT2D eigenvalue weighted by molar-refractivity contribution is 0.183. The van der Waals surface area contributed by atoms with E-state index in [1.165, 1.54) is 19.3 Å². The summed E-state index contributed by atoms with van der Waals surface area (Å²) in [7, 11) is 0. The molecule has 0 spiro atoms. The van der Waals surface area contributed by atoms with Gasteiger partial charge in [0, 0.05) is 10.0 Å². The Morgan fingerprint density at radius 2 is 1.89 bits per heavy atom. The van der Waals surface area contributed by atoms with Crippen molar-refractivity contribution in [1.29, 1.82) is 0 Å². The topological polar surface area (TPSA) is 35.2 Å². The lowest BCUT2D eigenvalue weighted by Crippen LogP contribution is -2.44. The van der Waals surface area contributed by atoms with Gasteiger partial charge in [-0.2, -0.15) is 0 Å². The first-order valence-electron chi connectivity index (χ1n) is 7.28. The normalized spacial score (nSPS) is 27.2. The molecule has 0 radical (unpaired) electrons. The van der Waals surface area contributed by atoms with Gasteiger partial charge in [0.15, 0.2) is 0 Å². The molecule has 1 fully saturated rings. The Bertz CT molecular complexity index is 382. The number of nitrogens with two attached hydrogens (primary N) is 1. The summed E-state index contributed by atoms with van der Waals surface area (Å²) in [5, 5.41) is 0. The van der Waals surface area contributed by atoms with Crippen molar-refractivity contribution in [3.05, 3.63) is 28.7 Å². The van der Waals surface area contributed by atoms with Gasteiger partial charge in [-0.3, -0.25) is 0 Å². The highest BCUT2D eigenvalue weighted by Gasteiger charge is 2.30. The zero-order valence-corrected chi connectivity index (χ0v) is 13.3. The van der Waals surface area contributed by atoms with E-state index in [2.05, 4.69) is 22.9 Å². The van der Waals surface area contributed by atoms with Gasteiger partial charge in [-0.25, -0.2) is 0 Å². The second-order valence-electron chi connectivity index (χ2n) is 5.77. The summed E-state index contributed by atoms with van der Waals surface area (Å²) in [6, 6.07) is 7.97. The summed E-state index contributed by atoms with van der Waals surface area (Å²) in [4.78, 5) is 0. The summed E-state index contributed by atoms with van der Waals surface area (Å²) in [6.07, 6.45) is 7.12. The third-order valence-electron chi connectivity index (χ3n) is 4.36. The lowest BCUT2D eigenvalue weighted by Gasteiger charge is -2.37. The highest BCUT2D eigenvalue weighted by molar-refractivity contribution is 9.10. The van der Waals surface area contributed by atoms with Crippen molar-refractivity contribution < 1.29 is 4.74 Å². The van der Waals surface area contributed by atoms with Gasteiger partial charge >= 0.3 is 0 Å². The van der Waals surface area contributed by atoms with Crippen LogP contribution < -0.4 is 10.5 Å². The molecule has 0 amide bonds. The first kappa shape index (κ1) is 14.9. The van der Waals surface area contributed by atoms with Gasteiger partial charge in [0.25, 0.3) is 0 Å².